The standard InChI is InChI=1S/C57H39N5/c58-55(41-20-7-2-8-21-41)53(56-45-27-14-13-24-43(45)36-48(59-56)38-18-5-1-6-19-38)40-34-32-39(33-35-40)49-37-50(61-57(60-49)42-22-9-3-10-23-42)46-29-17-31-52-54(46)47-28-15-16-30-51(47)62(52)44-25-11-4-12-26-44/h1-37,58-59H/b56-53-,58-55?. The summed E-state index contributed by atoms with van der Waals surface area (Å²) >= 11 is 0. The van der Waals surface area contributed by atoms with Crippen LogP contribution in [0.2, 0.25) is 0 Å². The summed E-state index contributed by atoms with van der Waals surface area (Å²) in [4.78, 5) is 10.5. The average Bonchev–Trinajstić information content (AvgIpc) is 3.70. The zero-order valence-corrected chi connectivity index (χ0v) is 33.7. The third-order valence-electron chi connectivity index (χ3n) is 11.7. The summed E-state index contributed by atoms with van der Waals surface area (Å²) in [5, 5.41) is 15.9. The van der Waals surface area contributed by atoms with Crippen molar-refractivity contribution >= 4 is 50.6 Å². The van der Waals surface area contributed by atoms with Gasteiger partial charge in [0.25, 0.3) is 0 Å². The maximum Gasteiger partial charge on any atom is 0.160 e. The van der Waals surface area contributed by atoms with E-state index in [2.05, 4.69) is 180 Å². The first-order valence-electron chi connectivity index (χ1n) is 20.8. The Kier molecular flexibility index (Phi) is 9.25. The van der Waals surface area contributed by atoms with Crippen LogP contribution >= 0.6 is 0 Å². The van der Waals surface area contributed by atoms with Crippen molar-refractivity contribution in [2.24, 2.45) is 0 Å². The fourth-order valence-corrected chi connectivity index (χ4v) is 8.72. The molecule has 5 nitrogen and oxygen atoms in total. The second-order valence-corrected chi connectivity index (χ2v) is 15.4. The number of benzene rings is 8. The van der Waals surface area contributed by atoms with Crippen molar-refractivity contribution in [1.82, 2.24) is 19.9 Å². The van der Waals surface area contributed by atoms with Crippen molar-refractivity contribution in [1.29, 1.82) is 5.41 Å². The van der Waals surface area contributed by atoms with Crippen LogP contribution in [0.15, 0.2) is 218 Å². The SMILES string of the molecule is N=C(/C(=C1\NC(c2ccccc2)=Cc2ccccc21)c1ccc(-c2cc(-c3cccc4c3c3ccccc3n4-c3ccccc3)nc(-c3ccccc3)n2)cc1)c1ccccc1. The molecular weight excluding hydrogens is 755 g/mol. The first-order valence-corrected chi connectivity index (χ1v) is 20.8. The van der Waals surface area contributed by atoms with Crippen LogP contribution in [-0.4, -0.2) is 20.2 Å². The smallest absolute Gasteiger partial charge is 0.160 e. The Balaban J connectivity index is 1.08. The Hall–Kier alpha value is -8.41. The molecule has 0 radical (unpaired) electrons. The third-order valence-corrected chi connectivity index (χ3v) is 11.7. The van der Waals surface area contributed by atoms with Crippen molar-refractivity contribution in [2.45, 2.75) is 0 Å². The first kappa shape index (κ1) is 36.7. The number of fused-ring (bicyclic) bond motifs is 4. The molecule has 3 heterocycles. The average molecular weight is 794 g/mol. The van der Waals surface area contributed by atoms with Gasteiger partial charge in [0, 0.05) is 55.5 Å². The molecular formula is C57H39N5. The highest BCUT2D eigenvalue weighted by Gasteiger charge is 2.24. The van der Waals surface area contributed by atoms with Crippen LogP contribution < -0.4 is 5.32 Å². The molecule has 0 spiro atoms. The molecule has 2 N–H and O–H groups in total. The highest BCUT2D eigenvalue weighted by Crippen LogP contribution is 2.40. The van der Waals surface area contributed by atoms with Gasteiger partial charge in [0.15, 0.2) is 5.82 Å². The van der Waals surface area contributed by atoms with Crippen LogP contribution in [0, 0.1) is 5.41 Å². The van der Waals surface area contributed by atoms with E-state index < -0.39 is 0 Å². The van der Waals surface area contributed by atoms with Gasteiger partial charge in [-0.1, -0.05) is 188 Å². The van der Waals surface area contributed by atoms with Gasteiger partial charge in [-0.3, -0.25) is 5.41 Å². The predicted octanol–water partition coefficient (Wildman–Crippen LogP) is 13.6. The fraction of sp³-hybridized carbons (Fsp3) is 0. The molecule has 292 valence electrons. The predicted molar refractivity (Wildman–Crippen MR) is 257 cm³/mol. The lowest BCUT2D eigenvalue weighted by molar-refractivity contribution is 1.18. The van der Waals surface area contributed by atoms with E-state index in [9.17, 15) is 5.41 Å². The molecule has 0 aliphatic carbocycles. The fourth-order valence-electron chi connectivity index (χ4n) is 8.72. The van der Waals surface area contributed by atoms with E-state index in [1.807, 2.05) is 54.6 Å². The number of hydrogen-bond acceptors (Lipinski definition) is 4. The molecule has 8 aromatic carbocycles. The van der Waals surface area contributed by atoms with E-state index in [0.29, 0.717) is 11.5 Å². The van der Waals surface area contributed by atoms with E-state index in [0.717, 1.165) is 100 Å². The van der Waals surface area contributed by atoms with Gasteiger partial charge in [-0.25, -0.2) is 9.97 Å². The van der Waals surface area contributed by atoms with Gasteiger partial charge >= 0.3 is 0 Å². The number of nitrogens with one attached hydrogen (secondary N) is 2. The number of aromatic nitrogens is 3. The van der Waals surface area contributed by atoms with Crippen LogP contribution in [0.4, 0.5) is 0 Å². The van der Waals surface area contributed by atoms with Gasteiger partial charge in [-0.15, -0.1) is 0 Å². The zero-order valence-electron chi connectivity index (χ0n) is 33.7. The van der Waals surface area contributed by atoms with E-state index in [-0.39, 0.29) is 0 Å². The van der Waals surface area contributed by atoms with E-state index in [1.165, 1.54) is 0 Å². The van der Waals surface area contributed by atoms with Crippen LogP contribution in [0.25, 0.3) is 84.4 Å². The minimum absolute atomic E-state index is 0.434. The Morgan fingerprint density at radius 2 is 1.06 bits per heavy atom. The zero-order chi connectivity index (χ0) is 41.4. The van der Waals surface area contributed by atoms with E-state index in [4.69, 9.17) is 9.97 Å². The number of nitrogens with zero attached hydrogens (tertiary/aromatic N) is 3. The van der Waals surface area contributed by atoms with Gasteiger partial charge in [-0.05, 0) is 53.1 Å². The van der Waals surface area contributed by atoms with E-state index in [1.54, 1.807) is 0 Å². The van der Waals surface area contributed by atoms with Crippen molar-refractivity contribution in [3.8, 4) is 39.6 Å². The summed E-state index contributed by atoms with van der Waals surface area (Å²) in [6, 6.07) is 75.2. The van der Waals surface area contributed by atoms with Gasteiger partial charge in [0.05, 0.1) is 33.8 Å². The molecule has 0 saturated carbocycles. The Bertz CT molecular complexity index is 3350. The highest BCUT2D eigenvalue weighted by molar-refractivity contribution is 6.36. The molecule has 0 amide bonds. The molecule has 1 aliphatic heterocycles. The Morgan fingerprint density at radius 1 is 0.468 bits per heavy atom. The number of hydrogen-bond donors (Lipinski definition) is 2. The summed E-state index contributed by atoms with van der Waals surface area (Å²) in [7, 11) is 0. The van der Waals surface area contributed by atoms with Crippen molar-refractivity contribution in [3.63, 3.8) is 0 Å². The maximum atomic E-state index is 9.78. The maximum absolute atomic E-state index is 9.78. The lowest BCUT2D eigenvalue weighted by Crippen LogP contribution is -2.20. The molecule has 1 aliphatic rings. The van der Waals surface area contributed by atoms with Crippen molar-refractivity contribution in [2.75, 3.05) is 0 Å². The van der Waals surface area contributed by atoms with Crippen LogP contribution in [0.1, 0.15) is 27.8 Å². The first-order chi connectivity index (χ1) is 30.7. The Morgan fingerprint density at radius 3 is 1.82 bits per heavy atom. The highest BCUT2D eigenvalue weighted by atomic mass is 15.0. The van der Waals surface area contributed by atoms with Crippen LogP contribution in [0.5, 0.6) is 0 Å². The third kappa shape index (κ3) is 6.59. The molecule has 0 bridgehead atoms. The Labute approximate surface area is 360 Å². The van der Waals surface area contributed by atoms with Crippen LogP contribution in [0.3, 0.4) is 0 Å². The lowest BCUT2D eigenvalue weighted by Gasteiger charge is -2.26. The molecule has 0 saturated heterocycles. The molecule has 2 aromatic heterocycles. The number of allylic oxidation sites excluding steroid dienone is 1. The molecule has 11 rings (SSSR count). The molecule has 62 heavy (non-hydrogen) atoms. The van der Waals surface area contributed by atoms with Crippen molar-refractivity contribution < 1.29 is 0 Å². The molecule has 10 aromatic rings. The summed E-state index contributed by atoms with van der Waals surface area (Å²) in [6.07, 6.45) is 2.19. The monoisotopic (exact) mass is 793 g/mol. The van der Waals surface area contributed by atoms with Gasteiger partial charge in [0.1, 0.15) is 0 Å². The van der Waals surface area contributed by atoms with Gasteiger partial charge in [-0.2, -0.15) is 0 Å². The summed E-state index contributed by atoms with van der Waals surface area (Å²) < 4.78 is 2.34. The lowest BCUT2D eigenvalue weighted by atomic mass is 9.87. The van der Waals surface area contributed by atoms with Crippen molar-refractivity contribution in [3.05, 3.63) is 246 Å². The number of para-hydroxylation sites is 2. The van der Waals surface area contributed by atoms with Crippen LogP contribution in [-0.2, 0) is 0 Å². The molecule has 5 heteroatoms. The summed E-state index contributed by atoms with van der Waals surface area (Å²) in [5.74, 6) is 0.655. The molecule has 0 fully saturated rings. The summed E-state index contributed by atoms with van der Waals surface area (Å²) in [6.45, 7) is 0. The second kappa shape index (κ2) is 15.6. The van der Waals surface area contributed by atoms with E-state index >= 15 is 0 Å². The quantitative estimate of drug-likeness (QED) is 0.151. The largest absolute Gasteiger partial charge is 0.354 e. The number of rotatable bonds is 8. The minimum Gasteiger partial charge on any atom is -0.354 e. The van der Waals surface area contributed by atoms with Gasteiger partial charge in [0.2, 0.25) is 0 Å². The molecule has 0 atom stereocenters. The minimum atomic E-state index is 0.434. The summed E-state index contributed by atoms with van der Waals surface area (Å²) in [5.41, 5.74) is 16.1. The topological polar surface area (TPSA) is 66.6 Å². The molecule has 0 unspecified atom stereocenters. The second-order valence-electron chi connectivity index (χ2n) is 15.4. The van der Waals surface area contributed by atoms with Gasteiger partial charge < -0.3 is 9.88 Å². The normalized spacial score (nSPS) is 13.0.